The van der Waals surface area contributed by atoms with E-state index < -0.39 is 0 Å². The Morgan fingerprint density at radius 1 is 1.32 bits per heavy atom. The van der Waals surface area contributed by atoms with Crippen LogP contribution in [0.1, 0.15) is 12.8 Å². The van der Waals surface area contributed by atoms with Gasteiger partial charge in [0.1, 0.15) is 5.69 Å². The number of aromatic nitrogens is 5. The molecule has 19 heavy (non-hydrogen) atoms. The number of rotatable bonds is 2. The number of nitrogens with two attached hydrogens (primary N) is 1. The third-order valence-corrected chi connectivity index (χ3v) is 3.14. The summed E-state index contributed by atoms with van der Waals surface area (Å²) in [5.74, 6) is 1.16. The predicted molar refractivity (Wildman–Crippen MR) is 69.7 cm³/mol. The minimum Gasteiger partial charge on any atom is -0.338 e. The van der Waals surface area contributed by atoms with Gasteiger partial charge in [-0.15, -0.1) is 5.10 Å². The van der Waals surface area contributed by atoms with Crippen molar-refractivity contribution in [3.05, 3.63) is 22.5 Å². The molecular formula is C11H15N7O. The first-order chi connectivity index (χ1) is 9.22. The van der Waals surface area contributed by atoms with Crippen LogP contribution in [0.4, 0.5) is 5.95 Å². The molecule has 0 radical (unpaired) electrons. The van der Waals surface area contributed by atoms with E-state index in [0.717, 1.165) is 25.9 Å². The van der Waals surface area contributed by atoms with E-state index >= 15 is 0 Å². The molecule has 100 valence electrons. The molecule has 1 aliphatic rings. The molecule has 2 aromatic heterocycles. The molecule has 0 aromatic carbocycles. The van der Waals surface area contributed by atoms with Crippen LogP contribution >= 0.6 is 0 Å². The van der Waals surface area contributed by atoms with Gasteiger partial charge < -0.3 is 10.6 Å². The van der Waals surface area contributed by atoms with Crippen molar-refractivity contribution in [1.29, 1.82) is 0 Å². The number of nitrogens with zero attached hydrogens (tertiary/aromatic N) is 4. The lowest BCUT2D eigenvalue weighted by Gasteiger charge is -2.29. The summed E-state index contributed by atoms with van der Waals surface area (Å²) in [6, 6.07) is 3.17. The topological polar surface area (TPSA) is 117 Å². The number of anilines is 1. The Balaban J connectivity index is 1.82. The Morgan fingerprint density at radius 3 is 2.95 bits per heavy atom. The monoisotopic (exact) mass is 261 g/mol. The van der Waals surface area contributed by atoms with E-state index in [0.29, 0.717) is 17.5 Å². The Bertz CT molecular complexity index is 599. The van der Waals surface area contributed by atoms with E-state index in [-0.39, 0.29) is 11.6 Å². The van der Waals surface area contributed by atoms with Crippen molar-refractivity contribution < 1.29 is 0 Å². The first kappa shape index (κ1) is 11.8. The van der Waals surface area contributed by atoms with E-state index in [1.165, 1.54) is 6.07 Å². The van der Waals surface area contributed by atoms with Crippen LogP contribution in [0.2, 0.25) is 0 Å². The second-order valence-electron chi connectivity index (χ2n) is 4.64. The molecule has 4 N–H and O–H groups in total. The first-order valence-electron chi connectivity index (χ1n) is 6.21. The van der Waals surface area contributed by atoms with Crippen molar-refractivity contribution in [3.8, 4) is 11.5 Å². The number of H-pyrrole nitrogens is 2. The van der Waals surface area contributed by atoms with Crippen molar-refractivity contribution in [2.24, 2.45) is 5.73 Å². The molecule has 0 amide bonds. The van der Waals surface area contributed by atoms with Crippen LogP contribution in [0.15, 0.2) is 16.9 Å². The molecule has 0 saturated carbocycles. The van der Waals surface area contributed by atoms with Crippen LogP contribution in [-0.4, -0.2) is 44.5 Å². The van der Waals surface area contributed by atoms with Gasteiger partial charge in [-0.05, 0) is 18.9 Å². The second kappa shape index (κ2) is 4.81. The second-order valence-corrected chi connectivity index (χ2v) is 4.64. The van der Waals surface area contributed by atoms with Crippen LogP contribution in [0, 0.1) is 0 Å². The Hall–Kier alpha value is -2.22. The fraction of sp³-hybridized carbons (Fsp3) is 0.455. The highest BCUT2D eigenvalue weighted by molar-refractivity contribution is 5.50. The van der Waals surface area contributed by atoms with E-state index in [4.69, 9.17) is 5.73 Å². The summed E-state index contributed by atoms with van der Waals surface area (Å²) in [5, 5.41) is 13.3. The molecule has 3 rings (SSSR count). The third kappa shape index (κ3) is 2.48. The summed E-state index contributed by atoms with van der Waals surface area (Å²) in [4.78, 5) is 17.4. The zero-order valence-corrected chi connectivity index (χ0v) is 10.3. The highest BCUT2D eigenvalue weighted by atomic mass is 16.1. The zero-order valence-electron chi connectivity index (χ0n) is 10.3. The molecule has 3 heterocycles. The molecule has 1 unspecified atom stereocenters. The van der Waals surface area contributed by atoms with E-state index in [2.05, 4.69) is 30.3 Å². The molecule has 1 saturated heterocycles. The number of piperidine rings is 1. The molecule has 1 atom stereocenters. The standard InChI is InChI=1S/C11H15N7O/c12-7-2-1-5-18(6-7)11-13-10(16-17-11)8-3-4-9(19)15-14-8/h3-4,7H,1-2,5-6,12H2,(H,15,19)(H,13,16,17). The Labute approximate surface area is 109 Å². The maximum absolute atomic E-state index is 11.0. The number of aromatic amines is 2. The van der Waals surface area contributed by atoms with Gasteiger partial charge >= 0.3 is 0 Å². The lowest BCUT2D eigenvalue weighted by atomic mass is 10.1. The minimum absolute atomic E-state index is 0.168. The molecule has 1 aliphatic heterocycles. The normalized spacial score (nSPS) is 19.6. The smallest absolute Gasteiger partial charge is 0.264 e. The van der Waals surface area contributed by atoms with Gasteiger partial charge in [0.15, 0.2) is 5.82 Å². The van der Waals surface area contributed by atoms with Crippen LogP contribution < -0.4 is 16.2 Å². The molecule has 0 spiro atoms. The summed E-state index contributed by atoms with van der Waals surface area (Å²) < 4.78 is 0. The van der Waals surface area contributed by atoms with Gasteiger partial charge in [-0.2, -0.15) is 10.1 Å². The highest BCUT2D eigenvalue weighted by Gasteiger charge is 2.20. The van der Waals surface area contributed by atoms with Crippen molar-refractivity contribution in [2.75, 3.05) is 18.0 Å². The zero-order chi connectivity index (χ0) is 13.2. The highest BCUT2D eigenvalue weighted by Crippen LogP contribution is 2.17. The van der Waals surface area contributed by atoms with Gasteiger partial charge in [0.25, 0.3) is 5.56 Å². The van der Waals surface area contributed by atoms with Crippen molar-refractivity contribution >= 4 is 5.95 Å². The number of hydrogen-bond donors (Lipinski definition) is 3. The van der Waals surface area contributed by atoms with Gasteiger partial charge in [0.2, 0.25) is 5.95 Å². The average Bonchev–Trinajstić information content (AvgIpc) is 2.89. The van der Waals surface area contributed by atoms with Crippen LogP contribution in [0.3, 0.4) is 0 Å². The molecule has 8 heteroatoms. The van der Waals surface area contributed by atoms with Gasteiger partial charge in [-0.25, -0.2) is 5.10 Å². The van der Waals surface area contributed by atoms with Crippen LogP contribution in [-0.2, 0) is 0 Å². The van der Waals surface area contributed by atoms with Gasteiger partial charge in [0.05, 0.1) is 0 Å². The fourth-order valence-corrected chi connectivity index (χ4v) is 2.18. The van der Waals surface area contributed by atoms with E-state index in [1.54, 1.807) is 6.07 Å². The van der Waals surface area contributed by atoms with E-state index in [1.807, 2.05) is 0 Å². The maximum atomic E-state index is 11.0. The lowest BCUT2D eigenvalue weighted by molar-refractivity contribution is 0.500. The maximum Gasteiger partial charge on any atom is 0.264 e. The number of nitrogens with one attached hydrogen (secondary N) is 2. The summed E-state index contributed by atoms with van der Waals surface area (Å²) in [5.41, 5.74) is 6.25. The Morgan fingerprint density at radius 2 is 2.21 bits per heavy atom. The van der Waals surface area contributed by atoms with Crippen LogP contribution in [0.5, 0.6) is 0 Å². The average molecular weight is 261 g/mol. The van der Waals surface area contributed by atoms with Crippen molar-refractivity contribution in [2.45, 2.75) is 18.9 Å². The SMILES string of the molecule is NC1CCCN(c2n[nH]c(-c3ccc(=O)[nH]n3)n2)C1. The first-order valence-corrected chi connectivity index (χ1v) is 6.21. The van der Waals surface area contributed by atoms with Gasteiger partial charge in [0, 0.05) is 25.2 Å². The van der Waals surface area contributed by atoms with Crippen molar-refractivity contribution in [1.82, 2.24) is 25.4 Å². The minimum atomic E-state index is -0.245. The molecule has 1 fully saturated rings. The fourth-order valence-electron chi connectivity index (χ4n) is 2.18. The molecular weight excluding hydrogens is 246 g/mol. The molecule has 0 bridgehead atoms. The summed E-state index contributed by atoms with van der Waals surface area (Å²) >= 11 is 0. The Kier molecular flexibility index (Phi) is 3.00. The summed E-state index contributed by atoms with van der Waals surface area (Å²) in [7, 11) is 0. The molecule has 8 nitrogen and oxygen atoms in total. The predicted octanol–water partition coefficient (Wildman–Crippen LogP) is -0.518. The largest absolute Gasteiger partial charge is 0.338 e. The number of hydrogen-bond acceptors (Lipinski definition) is 6. The molecule has 2 aromatic rings. The van der Waals surface area contributed by atoms with Crippen LogP contribution in [0.25, 0.3) is 11.5 Å². The van der Waals surface area contributed by atoms with Gasteiger partial charge in [-0.1, -0.05) is 0 Å². The molecule has 0 aliphatic carbocycles. The quantitative estimate of drug-likeness (QED) is 0.670. The van der Waals surface area contributed by atoms with Crippen molar-refractivity contribution in [3.63, 3.8) is 0 Å². The third-order valence-electron chi connectivity index (χ3n) is 3.14. The summed E-state index contributed by atoms with van der Waals surface area (Å²) in [6.45, 7) is 1.67. The van der Waals surface area contributed by atoms with Gasteiger partial charge in [-0.3, -0.25) is 9.89 Å². The van der Waals surface area contributed by atoms with E-state index in [9.17, 15) is 4.79 Å². The lowest BCUT2D eigenvalue weighted by Crippen LogP contribution is -2.43. The summed E-state index contributed by atoms with van der Waals surface area (Å²) in [6.07, 6.45) is 2.08.